The van der Waals surface area contributed by atoms with Crippen LogP contribution in [0.25, 0.3) is 0 Å². The standard InChI is InChI=1S/C14H29NO2/c1-4-6-12-7-8-13(16)11-14(12)15(3)9-10-17-5-2/h12-14,16H,4-11H2,1-3H3. The summed E-state index contributed by atoms with van der Waals surface area (Å²) in [5.74, 6) is 0.759. The van der Waals surface area contributed by atoms with E-state index in [1.807, 2.05) is 6.92 Å². The van der Waals surface area contributed by atoms with Gasteiger partial charge < -0.3 is 14.7 Å². The molecule has 1 N–H and O–H groups in total. The van der Waals surface area contributed by atoms with Crippen molar-refractivity contribution in [2.24, 2.45) is 5.92 Å². The molecule has 1 saturated carbocycles. The maximum atomic E-state index is 9.83. The van der Waals surface area contributed by atoms with Gasteiger partial charge in [-0.2, -0.15) is 0 Å². The summed E-state index contributed by atoms with van der Waals surface area (Å²) in [5.41, 5.74) is 0. The molecular weight excluding hydrogens is 214 g/mol. The van der Waals surface area contributed by atoms with Crippen molar-refractivity contribution in [1.82, 2.24) is 4.90 Å². The Morgan fingerprint density at radius 3 is 2.71 bits per heavy atom. The van der Waals surface area contributed by atoms with Crippen LogP contribution in [0.15, 0.2) is 0 Å². The van der Waals surface area contributed by atoms with Gasteiger partial charge in [-0.05, 0) is 45.6 Å². The van der Waals surface area contributed by atoms with Crippen molar-refractivity contribution in [2.75, 3.05) is 26.8 Å². The number of aliphatic hydroxyl groups is 1. The molecule has 1 aliphatic carbocycles. The van der Waals surface area contributed by atoms with Crippen LogP contribution < -0.4 is 0 Å². The van der Waals surface area contributed by atoms with E-state index in [-0.39, 0.29) is 6.10 Å². The molecule has 0 amide bonds. The molecule has 3 nitrogen and oxygen atoms in total. The normalized spacial score (nSPS) is 29.8. The smallest absolute Gasteiger partial charge is 0.0593 e. The maximum Gasteiger partial charge on any atom is 0.0593 e. The molecule has 0 bridgehead atoms. The molecule has 1 fully saturated rings. The van der Waals surface area contributed by atoms with E-state index in [2.05, 4.69) is 18.9 Å². The van der Waals surface area contributed by atoms with Gasteiger partial charge in [0.15, 0.2) is 0 Å². The average molecular weight is 243 g/mol. The third-order valence-electron chi connectivity index (χ3n) is 3.95. The molecule has 1 aliphatic rings. The highest BCUT2D eigenvalue weighted by molar-refractivity contribution is 4.85. The first kappa shape index (κ1) is 14.9. The van der Waals surface area contributed by atoms with E-state index in [1.165, 1.54) is 19.3 Å². The lowest BCUT2D eigenvalue weighted by atomic mass is 9.80. The van der Waals surface area contributed by atoms with Crippen molar-refractivity contribution in [3.05, 3.63) is 0 Å². The minimum Gasteiger partial charge on any atom is -0.393 e. The summed E-state index contributed by atoms with van der Waals surface area (Å²) in [7, 11) is 2.17. The van der Waals surface area contributed by atoms with Crippen molar-refractivity contribution in [3.8, 4) is 0 Å². The van der Waals surface area contributed by atoms with Crippen molar-refractivity contribution >= 4 is 0 Å². The zero-order valence-corrected chi connectivity index (χ0v) is 11.7. The fourth-order valence-electron chi connectivity index (χ4n) is 2.95. The number of aliphatic hydroxyl groups excluding tert-OH is 1. The monoisotopic (exact) mass is 243 g/mol. The highest BCUT2D eigenvalue weighted by Crippen LogP contribution is 2.31. The third kappa shape index (κ3) is 4.94. The Morgan fingerprint density at radius 2 is 2.06 bits per heavy atom. The number of likely N-dealkylation sites (N-methyl/N-ethyl adjacent to an activating group) is 1. The number of rotatable bonds is 7. The van der Waals surface area contributed by atoms with Crippen molar-refractivity contribution in [3.63, 3.8) is 0 Å². The first-order valence-corrected chi connectivity index (χ1v) is 7.15. The molecule has 1 rings (SSSR count). The van der Waals surface area contributed by atoms with Gasteiger partial charge in [0.25, 0.3) is 0 Å². The first-order chi connectivity index (χ1) is 8.19. The highest BCUT2D eigenvalue weighted by atomic mass is 16.5. The lowest BCUT2D eigenvalue weighted by Gasteiger charge is -2.40. The van der Waals surface area contributed by atoms with E-state index in [0.29, 0.717) is 6.04 Å². The molecule has 3 unspecified atom stereocenters. The Kier molecular flexibility index (Phi) is 7.09. The minimum atomic E-state index is -0.0948. The van der Waals surface area contributed by atoms with Gasteiger partial charge in [-0.25, -0.2) is 0 Å². The third-order valence-corrected chi connectivity index (χ3v) is 3.95. The average Bonchev–Trinajstić information content (AvgIpc) is 2.32. The van der Waals surface area contributed by atoms with Gasteiger partial charge in [0.1, 0.15) is 0 Å². The zero-order chi connectivity index (χ0) is 12.7. The molecule has 3 heteroatoms. The van der Waals surface area contributed by atoms with E-state index in [9.17, 15) is 5.11 Å². The van der Waals surface area contributed by atoms with Crippen LogP contribution >= 0.6 is 0 Å². The fourth-order valence-corrected chi connectivity index (χ4v) is 2.95. The van der Waals surface area contributed by atoms with Crippen LogP contribution in [0, 0.1) is 5.92 Å². The Hall–Kier alpha value is -0.120. The van der Waals surface area contributed by atoms with Gasteiger partial charge in [-0.15, -0.1) is 0 Å². The summed E-state index contributed by atoms with van der Waals surface area (Å²) in [4.78, 5) is 2.39. The van der Waals surface area contributed by atoms with Gasteiger partial charge in [0.05, 0.1) is 12.7 Å². The van der Waals surface area contributed by atoms with Gasteiger partial charge in [-0.3, -0.25) is 0 Å². The number of hydrogen-bond acceptors (Lipinski definition) is 3. The van der Waals surface area contributed by atoms with Crippen molar-refractivity contribution in [2.45, 2.75) is 58.1 Å². The van der Waals surface area contributed by atoms with E-state index in [1.54, 1.807) is 0 Å². The van der Waals surface area contributed by atoms with Gasteiger partial charge in [0, 0.05) is 19.2 Å². The van der Waals surface area contributed by atoms with Crippen LogP contribution in [-0.2, 0) is 4.74 Å². The van der Waals surface area contributed by atoms with Crippen LogP contribution in [0.2, 0.25) is 0 Å². The molecule has 0 spiro atoms. The lowest BCUT2D eigenvalue weighted by molar-refractivity contribution is 0.0214. The van der Waals surface area contributed by atoms with Crippen LogP contribution in [-0.4, -0.2) is 49.0 Å². The summed E-state index contributed by atoms with van der Waals surface area (Å²) < 4.78 is 5.41. The van der Waals surface area contributed by atoms with Gasteiger partial charge in [0.2, 0.25) is 0 Å². The fraction of sp³-hybridized carbons (Fsp3) is 1.00. The second kappa shape index (κ2) is 8.06. The number of hydrogen-bond donors (Lipinski definition) is 1. The van der Waals surface area contributed by atoms with Crippen LogP contribution in [0.1, 0.15) is 46.0 Å². The molecule has 3 atom stereocenters. The van der Waals surface area contributed by atoms with Gasteiger partial charge in [-0.1, -0.05) is 13.3 Å². The minimum absolute atomic E-state index is 0.0948. The molecule has 17 heavy (non-hydrogen) atoms. The Labute approximate surface area is 106 Å². The van der Waals surface area contributed by atoms with E-state index >= 15 is 0 Å². The molecule has 0 aromatic heterocycles. The summed E-state index contributed by atoms with van der Waals surface area (Å²) in [6.07, 6.45) is 5.54. The molecule has 0 saturated heterocycles. The Bertz CT molecular complexity index is 199. The molecule has 0 heterocycles. The maximum absolute atomic E-state index is 9.83. The predicted octanol–water partition coefficient (Wildman–Crippen LogP) is 2.28. The van der Waals surface area contributed by atoms with Crippen LogP contribution in [0.4, 0.5) is 0 Å². The van der Waals surface area contributed by atoms with E-state index in [4.69, 9.17) is 4.74 Å². The Balaban J connectivity index is 2.43. The number of nitrogens with zero attached hydrogens (tertiary/aromatic N) is 1. The largest absolute Gasteiger partial charge is 0.393 e. The molecule has 0 radical (unpaired) electrons. The Morgan fingerprint density at radius 1 is 1.29 bits per heavy atom. The highest BCUT2D eigenvalue weighted by Gasteiger charge is 2.31. The first-order valence-electron chi connectivity index (χ1n) is 7.15. The second-order valence-electron chi connectivity index (χ2n) is 5.26. The molecule has 0 aromatic carbocycles. The number of ether oxygens (including phenoxy) is 1. The molecule has 0 aliphatic heterocycles. The van der Waals surface area contributed by atoms with Crippen LogP contribution in [0.5, 0.6) is 0 Å². The molecule has 102 valence electrons. The quantitative estimate of drug-likeness (QED) is 0.696. The SMILES string of the molecule is CCCC1CCC(O)CC1N(C)CCOCC. The van der Waals surface area contributed by atoms with Crippen molar-refractivity contribution in [1.29, 1.82) is 0 Å². The summed E-state index contributed by atoms with van der Waals surface area (Å²) in [6.45, 7) is 6.86. The van der Waals surface area contributed by atoms with E-state index in [0.717, 1.165) is 38.5 Å². The summed E-state index contributed by atoms with van der Waals surface area (Å²) >= 11 is 0. The molecule has 0 aromatic rings. The van der Waals surface area contributed by atoms with Crippen molar-refractivity contribution < 1.29 is 9.84 Å². The molecular formula is C14H29NO2. The van der Waals surface area contributed by atoms with Crippen LogP contribution in [0.3, 0.4) is 0 Å². The topological polar surface area (TPSA) is 32.7 Å². The van der Waals surface area contributed by atoms with Gasteiger partial charge >= 0.3 is 0 Å². The predicted molar refractivity (Wildman–Crippen MR) is 71.2 cm³/mol. The second-order valence-corrected chi connectivity index (χ2v) is 5.26. The summed E-state index contributed by atoms with van der Waals surface area (Å²) in [6, 6.07) is 0.541. The zero-order valence-electron chi connectivity index (χ0n) is 11.7. The summed E-state index contributed by atoms with van der Waals surface area (Å²) in [5, 5.41) is 9.83. The lowest BCUT2D eigenvalue weighted by Crippen LogP contribution is -2.45. The van der Waals surface area contributed by atoms with E-state index < -0.39 is 0 Å².